The number of hydrogen-bond donors (Lipinski definition) is 2. The number of unbranched alkanes of at least 4 members (excludes halogenated alkanes) is 1. The quantitative estimate of drug-likeness (QED) is 0.562. The van der Waals surface area contributed by atoms with Gasteiger partial charge in [0.25, 0.3) is 6.01 Å². The number of carboxylic acids is 1. The van der Waals surface area contributed by atoms with E-state index in [2.05, 4.69) is 10.3 Å². The molecule has 7 nitrogen and oxygen atoms in total. The predicted octanol–water partition coefficient (Wildman–Crippen LogP) is 2.93. The molecule has 0 spiro atoms. The zero-order valence-electron chi connectivity index (χ0n) is 13.5. The van der Waals surface area contributed by atoms with Gasteiger partial charge in [0.1, 0.15) is 5.60 Å². The van der Waals surface area contributed by atoms with Crippen molar-refractivity contribution in [2.45, 2.75) is 52.6 Å². The lowest BCUT2D eigenvalue weighted by Gasteiger charge is -2.22. The highest BCUT2D eigenvalue weighted by Gasteiger charge is 2.21. The maximum atomic E-state index is 11.8. The van der Waals surface area contributed by atoms with Crippen molar-refractivity contribution in [3.8, 4) is 0 Å². The summed E-state index contributed by atoms with van der Waals surface area (Å²) in [6.45, 7) is 8.01. The maximum Gasteiger partial charge on any atom is 0.373 e. The summed E-state index contributed by atoms with van der Waals surface area (Å²) in [6.07, 6.45) is 3.57. The van der Waals surface area contributed by atoms with Gasteiger partial charge in [-0.3, -0.25) is 4.79 Å². The van der Waals surface area contributed by atoms with Gasteiger partial charge in [0, 0.05) is 6.54 Å². The highest BCUT2D eigenvalue weighted by atomic mass is 16.6. The summed E-state index contributed by atoms with van der Waals surface area (Å²) in [5, 5.41) is 11.6. The Morgan fingerprint density at radius 3 is 2.64 bits per heavy atom. The Bertz CT molecular complexity index is 504. The minimum atomic E-state index is -1.15. The average molecular weight is 312 g/mol. The number of esters is 1. The summed E-state index contributed by atoms with van der Waals surface area (Å²) in [5.41, 5.74) is -0.459. The number of aromatic carboxylic acids is 1. The molecule has 0 saturated heterocycles. The van der Waals surface area contributed by atoms with Gasteiger partial charge in [0.15, 0.2) is 0 Å². The number of nitrogens with one attached hydrogen (secondary N) is 1. The number of anilines is 1. The highest BCUT2D eigenvalue weighted by Crippen LogP contribution is 2.15. The fourth-order valence-corrected chi connectivity index (χ4v) is 1.75. The molecule has 1 heterocycles. The van der Waals surface area contributed by atoms with Gasteiger partial charge >= 0.3 is 11.9 Å². The highest BCUT2D eigenvalue weighted by molar-refractivity contribution is 5.84. The number of nitrogens with zero attached hydrogens (tertiary/aromatic N) is 1. The van der Waals surface area contributed by atoms with Gasteiger partial charge in [-0.1, -0.05) is 13.3 Å². The second-order valence-corrected chi connectivity index (χ2v) is 6.19. The molecule has 0 aliphatic heterocycles. The summed E-state index contributed by atoms with van der Waals surface area (Å²) in [5.74, 6) is -1.66. The molecule has 0 aromatic carbocycles. The SMILES string of the molecule is CC(CCCCNc1ncc(C(=O)O)o1)C(=O)OC(C)(C)C. The molecule has 0 fully saturated rings. The maximum absolute atomic E-state index is 11.8. The largest absolute Gasteiger partial charge is 0.475 e. The zero-order valence-corrected chi connectivity index (χ0v) is 13.5. The van der Waals surface area contributed by atoms with E-state index in [1.807, 2.05) is 27.7 Å². The number of carbonyl (C=O) groups excluding carboxylic acids is 1. The standard InChI is InChI=1S/C15H24N2O5/c1-10(13(20)22-15(2,3)4)7-5-6-8-16-14-17-9-11(21-14)12(18)19/h9-10H,5-8H2,1-4H3,(H,16,17)(H,18,19). The van der Waals surface area contributed by atoms with E-state index in [-0.39, 0.29) is 23.7 Å². The van der Waals surface area contributed by atoms with E-state index in [9.17, 15) is 9.59 Å². The Morgan fingerprint density at radius 1 is 1.41 bits per heavy atom. The van der Waals surface area contributed by atoms with Crippen LogP contribution >= 0.6 is 0 Å². The smallest absolute Gasteiger partial charge is 0.373 e. The van der Waals surface area contributed by atoms with E-state index >= 15 is 0 Å². The molecule has 0 radical (unpaired) electrons. The number of ether oxygens (including phenoxy) is 1. The lowest BCUT2D eigenvalue weighted by Crippen LogP contribution is -2.27. The van der Waals surface area contributed by atoms with Crippen molar-refractivity contribution < 1.29 is 23.8 Å². The molecule has 1 atom stereocenters. The van der Waals surface area contributed by atoms with Gasteiger partial charge < -0.3 is 19.6 Å². The van der Waals surface area contributed by atoms with Crippen molar-refractivity contribution in [2.75, 3.05) is 11.9 Å². The van der Waals surface area contributed by atoms with Crippen LogP contribution in [0.1, 0.15) is 57.5 Å². The third-order valence-corrected chi connectivity index (χ3v) is 2.87. The van der Waals surface area contributed by atoms with E-state index in [0.29, 0.717) is 6.54 Å². The van der Waals surface area contributed by atoms with Gasteiger partial charge in [-0.15, -0.1) is 0 Å². The summed E-state index contributed by atoms with van der Waals surface area (Å²) in [4.78, 5) is 26.2. The number of oxazole rings is 1. The first-order valence-corrected chi connectivity index (χ1v) is 7.35. The van der Waals surface area contributed by atoms with Crippen LogP contribution < -0.4 is 5.32 Å². The first kappa shape index (κ1) is 18.0. The molecular weight excluding hydrogens is 288 g/mol. The lowest BCUT2D eigenvalue weighted by molar-refractivity contribution is -0.159. The molecule has 22 heavy (non-hydrogen) atoms. The van der Waals surface area contributed by atoms with Crippen LogP contribution in [0.2, 0.25) is 0 Å². The molecule has 124 valence electrons. The van der Waals surface area contributed by atoms with Gasteiger partial charge in [-0.05, 0) is 33.6 Å². The van der Waals surface area contributed by atoms with Crippen LogP contribution in [0.4, 0.5) is 6.01 Å². The molecule has 0 bridgehead atoms. The topological polar surface area (TPSA) is 102 Å². The molecule has 0 saturated carbocycles. The first-order chi connectivity index (χ1) is 10.2. The second-order valence-electron chi connectivity index (χ2n) is 6.19. The van der Waals surface area contributed by atoms with Gasteiger partial charge in [0.05, 0.1) is 12.1 Å². The van der Waals surface area contributed by atoms with Crippen molar-refractivity contribution in [3.63, 3.8) is 0 Å². The fraction of sp³-hybridized carbons (Fsp3) is 0.667. The fourth-order valence-electron chi connectivity index (χ4n) is 1.75. The number of rotatable bonds is 8. The molecule has 0 aliphatic rings. The Morgan fingerprint density at radius 2 is 2.09 bits per heavy atom. The summed E-state index contributed by atoms with van der Waals surface area (Å²) >= 11 is 0. The molecule has 1 aromatic heterocycles. The van der Waals surface area contributed by atoms with E-state index in [0.717, 1.165) is 25.5 Å². The third-order valence-electron chi connectivity index (χ3n) is 2.87. The van der Waals surface area contributed by atoms with Crippen molar-refractivity contribution in [1.82, 2.24) is 4.98 Å². The van der Waals surface area contributed by atoms with Crippen LogP contribution in [-0.2, 0) is 9.53 Å². The van der Waals surface area contributed by atoms with E-state index in [4.69, 9.17) is 14.3 Å². The monoisotopic (exact) mass is 312 g/mol. The zero-order chi connectivity index (χ0) is 16.8. The van der Waals surface area contributed by atoms with Gasteiger partial charge in [0.2, 0.25) is 5.76 Å². The number of carboxylic acid groups (broad SMARTS) is 1. The van der Waals surface area contributed by atoms with Crippen LogP contribution in [-0.4, -0.2) is 34.2 Å². The van der Waals surface area contributed by atoms with Crippen molar-refractivity contribution in [3.05, 3.63) is 12.0 Å². The molecule has 0 amide bonds. The van der Waals surface area contributed by atoms with Crippen LogP contribution in [0, 0.1) is 5.92 Å². The normalized spacial score (nSPS) is 12.7. The predicted molar refractivity (Wildman–Crippen MR) is 80.8 cm³/mol. The molecule has 1 aromatic rings. The van der Waals surface area contributed by atoms with Crippen molar-refractivity contribution in [2.24, 2.45) is 5.92 Å². The van der Waals surface area contributed by atoms with Crippen LogP contribution in [0.25, 0.3) is 0 Å². The Labute approximate surface area is 130 Å². The summed E-state index contributed by atoms with van der Waals surface area (Å²) < 4.78 is 10.3. The van der Waals surface area contributed by atoms with Crippen LogP contribution in [0.5, 0.6) is 0 Å². The van der Waals surface area contributed by atoms with Gasteiger partial charge in [-0.25, -0.2) is 9.78 Å². The Kier molecular flexibility index (Phi) is 6.39. The van der Waals surface area contributed by atoms with Crippen LogP contribution in [0.3, 0.4) is 0 Å². The summed E-state index contributed by atoms with van der Waals surface area (Å²) in [6, 6.07) is 0.192. The Balaban J connectivity index is 2.19. The number of carbonyl (C=O) groups is 2. The molecule has 2 N–H and O–H groups in total. The van der Waals surface area contributed by atoms with Crippen molar-refractivity contribution in [1.29, 1.82) is 0 Å². The minimum Gasteiger partial charge on any atom is -0.475 e. The summed E-state index contributed by atoms with van der Waals surface area (Å²) in [7, 11) is 0. The molecular formula is C15H24N2O5. The van der Waals surface area contributed by atoms with Gasteiger partial charge in [-0.2, -0.15) is 0 Å². The lowest BCUT2D eigenvalue weighted by atomic mass is 10.0. The van der Waals surface area contributed by atoms with Crippen LogP contribution in [0.15, 0.2) is 10.6 Å². The average Bonchev–Trinajstić information content (AvgIpc) is 2.85. The van der Waals surface area contributed by atoms with E-state index < -0.39 is 11.6 Å². The Hall–Kier alpha value is -2.05. The molecule has 1 unspecified atom stereocenters. The third kappa shape index (κ3) is 6.60. The minimum absolute atomic E-state index is 0.139. The molecule has 0 aliphatic carbocycles. The second kappa shape index (κ2) is 7.82. The van der Waals surface area contributed by atoms with E-state index in [1.54, 1.807) is 0 Å². The first-order valence-electron chi connectivity index (χ1n) is 7.35. The van der Waals surface area contributed by atoms with Crippen molar-refractivity contribution >= 4 is 18.0 Å². The van der Waals surface area contributed by atoms with E-state index in [1.165, 1.54) is 0 Å². The number of aromatic nitrogens is 1. The number of hydrogen-bond acceptors (Lipinski definition) is 6. The molecule has 1 rings (SSSR count). The molecule has 7 heteroatoms.